The summed E-state index contributed by atoms with van der Waals surface area (Å²) in [6.07, 6.45) is 4.14. The summed E-state index contributed by atoms with van der Waals surface area (Å²) in [6.45, 7) is 0. The van der Waals surface area contributed by atoms with E-state index in [0.29, 0.717) is 21.4 Å². The van der Waals surface area contributed by atoms with Crippen molar-refractivity contribution in [1.29, 1.82) is 0 Å². The SMILES string of the molecule is NC1=NC2(c3cc(NC(=O)c4ccc(Cl)cn4)ccc3F)CCCC2CS1. The number of anilines is 1. The quantitative estimate of drug-likeness (QED) is 0.804. The summed E-state index contributed by atoms with van der Waals surface area (Å²) < 4.78 is 14.8. The van der Waals surface area contributed by atoms with Crippen LogP contribution in [0, 0.1) is 11.7 Å². The average molecular weight is 405 g/mol. The second-order valence-corrected chi connectivity index (χ2v) is 8.26. The van der Waals surface area contributed by atoms with E-state index in [1.165, 1.54) is 36.2 Å². The molecular formula is C19H18ClFN4OS. The van der Waals surface area contributed by atoms with Crippen LogP contribution in [0.5, 0.6) is 0 Å². The number of hydrogen-bond donors (Lipinski definition) is 2. The fourth-order valence-electron chi connectivity index (χ4n) is 3.90. The van der Waals surface area contributed by atoms with Crippen molar-refractivity contribution < 1.29 is 9.18 Å². The Labute approximate surface area is 165 Å². The molecule has 27 heavy (non-hydrogen) atoms. The molecule has 0 saturated heterocycles. The number of carbonyl (C=O) groups is 1. The Morgan fingerprint density at radius 2 is 2.22 bits per heavy atom. The highest BCUT2D eigenvalue weighted by atomic mass is 35.5. The molecule has 0 spiro atoms. The van der Waals surface area contributed by atoms with E-state index >= 15 is 0 Å². The molecule has 2 unspecified atom stereocenters. The van der Waals surface area contributed by atoms with Crippen molar-refractivity contribution in [3.05, 3.63) is 58.6 Å². The predicted octanol–water partition coefficient (Wildman–Crippen LogP) is 4.18. The van der Waals surface area contributed by atoms with Gasteiger partial charge in [-0.2, -0.15) is 0 Å². The van der Waals surface area contributed by atoms with Crippen LogP contribution in [0.1, 0.15) is 35.3 Å². The Bertz CT molecular complexity index is 920. The number of amides is 1. The monoisotopic (exact) mass is 404 g/mol. The molecule has 1 saturated carbocycles. The lowest BCUT2D eigenvalue weighted by atomic mass is 9.81. The van der Waals surface area contributed by atoms with Crippen LogP contribution in [0.3, 0.4) is 0 Å². The van der Waals surface area contributed by atoms with Crippen molar-refractivity contribution in [1.82, 2.24) is 4.98 Å². The Hall–Kier alpha value is -2.12. The number of amidine groups is 1. The van der Waals surface area contributed by atoms with E-state index in [-0.39, 0.29) is 23.3 Å². The third kappa shape index (κ3) is 3.41. The number of fused-ring (bicyclic) bond motifs is 1. The van der Waals surface area contributed by atoms with Crippen LogP contribution in [-0.4, -0.2) is 21.8 Å². The maximum absolute atomic E-state index is 14.8. The molecule has 1 amide bonds. The first-order valence-corrected chi connectivity index (χ1v) is 10.1. The van der Waals surface area contributed by atoms with E-state index < -0.39 is 5.54 Å². The molecule has 1 aromatic carbocycles. The Kier molecular flexibility index (Phi) is 4.82. The van der Waals surface area contributed by atoms with Crippen LogP contribution in [0.15, 0.2) is 41.5 Å². The number of halogens is 2. The molecule has 1 aliphatic heterocycles. The average Bonchev–Trinajstić information content (AvgIpc) is 3.07. The van der Waals surface area contributed by atoms with Crippen molar-refractivity contribution >= 4 is 40.1 Å². The van der Waals surface area contributed by atoms with Gasteiger partial charge in [0.1, 0.15) is 11.5 Å². The minimum absolute atomic E-state index is 0.235. The standard InChI is InChI=1S/C19H18ClFN4OS/c20-12-3-6-16(23-9-12)17(26)24-13-4-5-15(21)14(8-13)19-7-1-2-11(19)10-27-18(22)25-19/h3-6,8-9,11H,1-2,7,10H2,(H2,22,25)(H,24,26). The molecule has 4 rings (SSSR count). The van der Waals surface area contributed by atoms with Gasteiger partial charge in [0.15, 0.2) is 5.17 Å². The topological polar surface area (TPSA) is 80.4 Å². The van der Waals surface area contributed by atoms with E-state index in [1.807, 2.05) is 0 Å². The lowest BCUT2D eigenvalue weighted by molar-refractivity contribution is 0.102. The first kappa shape index (κ1) is 18.3. The van der Waals surface area contributed by atoms with Gasteiger partial charge in [0.2, 0.25) is 0 Å². The summed E-state index contributed by atoms with van der Waals surface area (Å²) in [5.41, 5.74) is 6.56. The number of rotatable bonds is 3. The summed E-state index contributed by atoms with van der Waals surface area (Å²) in [6, 6.07) is 7.72. The molecule has 140 valence electrons. The molecule has 1 aromatic heterocycles. The zero-order valence-corrected chi connectivity index (χ0v) is 16.0. The normalized spacial score (nSPS) is 24.2. The number of carbonyl (C=O) groups excluding carboxylic acids is 1. The number of pyridine rings is 1. The number of nitrogens with two attached hydrogens (primary N) is 1. The fourth-order valence-corrected chi connectivity index (χ4v) is 5.05. The van der Waals surface area contributed by atoms with Gasteiger partial charge in [0.05, 0.1) is 10.6 Å². The number of thioether (sulfide) groups is 1. The molecule has 8 heteroatoms. The maximum atomic E-state index is 14.8. The Balaban J connectivity index is 1.67. The van der Waals surface area contributed by atoms with E-state index in [9.17, 15) is 9.18 Å². The number of benzene rings is 1. The lowest BCUT2D eigenvalue weighted by Gasteiger charge is -2.36. The summed E-state index contributed by atoms with van der Waals surface area (Å²) in [4.78, 5) is 21.1. The second kappa shape index (κ2) is 7.13. The molecular weight excluding hydrogens is 387 g/mol. The van der Waals surface area contributed by atoms with Crippen LogP contribution in [-0.2, 0) is 5.54 Å². The molecule has 2 atom stereocenters. The third-order valence-corrected chi connectivity index (χ3v) is 6.36. The predicted molar refractivity (Wildman–Crippen MR) is 107 cm³/mol. The molecule has 2 heterocycles. The largest absolute Gasteiger partial charge is 0.379 e. The minimum Gasteiger partial charge on any atom is -0.379 e. The zero-order chi connectivity index (χ0) is 19.0. The first-order chi connectivity index (χ1) is 13.0. The molecule has 3 N–H and O–H groups in total. The fraction of sp³-hybridized carbons (Fsp3) is 0.316. The van der Waals surface area contributed by atoms with Gasteiger partial charge in [0, 0.05) is 23.2 Å². The molecule has 0 bridgehead atoms. The highest BCUT2D eigenvalue weighted by Gasteiger charge is 2.48. The second-order valence-electron chi connectivity index (χ2n) is 6.78. The van der Waals surface area contributed by atoms with Crippen molar-refractivity contribution in [2.24, 2.45) is 16.6 Å². The van der Waals surface area contributed by atoms with Gasteiger partial charge in [-0.25, -0.2) is 9.37 Å². The van der Waals surface area contributed by atoms with Crippen LogP contribution in [0.2, 0.25) is 5.02 Å². The van der Waals surface area contributed by atoms with Gasteiger partial charge in [-0.15, -0.1) is 0 Å². The van der Waals surface area contributed by atoms with Gasteiger partial charge in [-0.3, -0.25) is 9.79 Å². The van der Waals surface area contributed by atoms with Gasteiger partial charge in [-0.1, -0.05) is 29.8 Å². The maximum Gasteiger partial charge on any atom is 0.274 e. The van der Waals surface area contributed by atoms with Crippen molar-refractivity contribution in [3.63, 3.8) is 0 Å². The van der Waals surface area contributed by atoms with Crippen molar-refractivity contribution in [3.8, 4) is 0 Å². The Morgan fingerprint density at radius 1 is 1.37 bits per heavy atom. The Morgan fingerprint density at radius 3 is 3.00 bits per heavy atom. The number of nitrogens with zero attached hydrogens (tertiary/aromatic N) is 2. The first-order valence-electron chi connectivity index (χ1n) is 8.69. The number of nitrogens with one attached hydrogen (secondary N) is 1. The van der Waals surface area contributed by atoms with E-state index in [0.717, 1.165) is 25.0 Å². The van der Waals surface area contributed by atoms with E-state index in [4.69, 9.17) is 17.3 Å². The van der Waals surface area contributed by atoms with Gasteiger partial charge >= 0.3 is 0 Å². The van der Waals surface area contributed by atoms with Crippen LogP contribution in [0.25, 0.3) is 0 Å². The number of aliphatic imine (C=N–C) groups is 1. The van der Waals surface area contributed by atoms with Crippen LogP contribution >= 0.6 is 23.4 Å². The summed E-state index contributed by atoms with van der Waals surface area (Å²) in [7, 11) is 0. The van der Waals surface area contributed by atoms with Crippen molar-refractivity contribution in [2.75, 3.05) is 11.1 Å². The molecule has 1 aliphatic carbocycles. The summed E-state index contributed by atoms with van der Waals surface area (Å²) >= 11 is 7.33. The summed E-state index contributed by atoms with van der Waals surface area (Å²) in [5, 5.41) is 3.72. The van der Waals surface area contributed by atoms with E-state index in [1.54, 1.807) is 12.1 Å². The molecule has 5 nitrogen and oxygen atoms in total. The highest BCUT2D eigenvalue weighted by Crippen LogP contribution is 2.51. The molecule has 2 aliphatic rings. The molecule has 1 fully saturated rings. The van der Waals surface area contributed by atoms with Crippen LogP contribution < -0.4 is 11.1 Å². The smallest absolute Gasteiger partial charge is 0.274 e. The summed E-state index contributed by atoms with van der Waals surface area (Å²) in [5.74, 6) is 0.369. The van der Waals surface area contributed by atoms with Crippen LogP contribution in [0.4, 0.5) is 10.1 Å². The zero-order valence-electron chi connectivity index (χ0n) is 14.4. The highest BCUT2D eigenvalue weighted by molar-refractivity contribution is 8.13. The minimum atomic E-state index is -0.640. The number of aromatic nitrogens is 1. The third-order valence-electron chi connectivity index (χ3n) is 5.18. The van der Waals surface area contributed by atoms with E-state index in [2.05, 4.69) is 15.3 Å². The van der Waals surface area contributed by atoms with Gasteiger partial charge in [-0.05, 0) is 49.1 Å². The molecule has 2 aromatic rings. The molecule has 0 radical (unpaired) electrons. The van der Waals surface area contributed by atoms with Gasteiger partial charge < -0.3 is 11.1 Å². The lowest BCUT2D eigenvalue weighted by Crippen LogP contribution is -2.37. The van der Waals surface area contributed by atoms with Crippen molar-refractivity contribution in [2.45, 2.75) is 24.8 Å². The number of hydrogen-bond acceptors (Lipinski definition) is 5. The van der Waals surface area contributed by atoms with Gasteiger partial charge in [0.25, 0.3) is 5.91 Å².